The van der Waals surface area contributed by atoms with Crippen molar-refractivity contribution in [3.63, 3.8) is 0 Å². The molecule has 9 rings (SSSR count). The molecule has 264 valence electrons. The van der Waals surface area contributed by atoms with Gasteiger partial charge in [0.2, 0.25) is 17.1 Å². The molecule has 53 heavy (non-hydrogen) atoms. The number of allylic oxidation sites excluding steroid dienone is 1. The summed E-state index contributed by atoms with van der Waals surface area (Å²) in [7, 11) is -1.66. The molecule has 2 aliphatic heterocycles. The van der Waals surface area contributed by atoms with E-state index in [0.717, 1.165) is 70.3 Å². The number of aryl methyl sites for hydroxylation is 1. The molecule has 0 N–H and O–H groups in total. The van der Waals surface area contributed by atoms with Crippen molar-refractivity contribution in [1.29, 1.82) is 0 Å². The lowest BCUT2D eigenvalue weighted by atomic mass is 9.77. The van der Waals surface area contributed by atoms with Crippen LogP contribution in [0.25, 0.3) is 61.5 Å². The fraction of sp³-hybridized carbons (Fsp3) is 0.255. The molecule has 0 fully saturated rings. The van der Waals surface area contributed by atoms with Gasteiger partial charge in [0.05, 0.1) is 25.8 Å². The number of pyridine rings is 3. The Morgan fingerprint density at radius 1 is 0.906 bits per heavy atom. The van der Waals surface area contributed by atoms with Crippen molar-refractivity contribution >= 4 is 41.0 Å². The van der Waals surface area contributed by atoms with Crippen molar-refractivity contribution in [2.45, 2.75) is 71.1 Å². The highest BCUT2D eigenvalue weighted by molar-refractivity contribution is 6.89. The summed E-state index contributed by atoms with van der Waals surface area (Å²) in [6.07, 6.45) is 8.52. The minimum Gasteiger partial charge on any atom is -0.437 e. The maximum atomic E-state index is 13.7. The molecule has 0 aliphatic carbocycles. The Morgan fingerprint density at radius 3 is 2.47 bits per heavy atom. The summed E-state index contributed by atoms with van der Waals surface area (Å²) in [5, 5.41) is 3.57. The van der Waals surface area contributed by atoms with Gasteiger partial charge in [0.1, 0.15) is 5.82 Å². The monoisotopic (exact) mass is 715 g/mol. The quantitative estimate of drug-likeness (QED) is 0.134. The first kappa shape index (κ1) is 33.6. The third-order valence-electron chi connectivity index (χ3n) is 11.5. The van der Waals surface area contributed by atoms with Gasteiger partial charge in [-0.3, -0.25) is 0 Å². The van der Waals surface area contributed by atoms with Crippen LogP contribution in [0.3, 0.4) is 0 Å². The molecule has 3 aromatic carbocycles. The van der Waals surface area contributed by atoms with Gasteiger partial charge >= 0.3 is 0 Å². The number of halogens is 1. The first-order chi connectivity index (χ1) is 25.5. The topological polar surface area (TPSA) is 33.8 Å². The van der Waals surface area contributed by atoms with Gasteiger partial charge in [-0.25, -0.2) is 9.37 Å². The van der Waals surface area contributed by atoms with E-state index in [0.29, 0.717) is 17.5 Å². The lowest BCUT2D eigenvalue weighted by molar-refractivity contribution is -0.719. The number of hydrogen-bond donors (Lipinski definition) is 0. The lowest BCUT2D eigenvalue weighted by Gasteiger charge is -2.33. The molecule has 7 aromatic rings. The zero-order chi connectivity index (χ0) is 36.6. The van der Waals surface area contributed by atoms with Crippen molar-refractivity contribution in [1.82, 2.24) is 4.98 Å². The van der Waals surface area contributed by atoms with Gasteiger partial charge < -0.3 is 4.42 Å². The van der Waals surface area contributed by atoms with Crippen LogP contribution >= 0.6 is 0 Å². The van der Waals surface area contributed by atoms with Crippen LogP contribution in [-0.4, -0.2) is 13.1 Å². The molecule has 2 aliphatic rings. The lowest BCUT2D eigenvalue weighted by Crippen LogP contribution is -2.54. The van der Waals surface area contributed by atoms with Crippen LogP contribution in [0.5, 0.6) is 0 Å². The molecule has 0 amide bonds. The normalized spacial score (nSPS) is 16.9. The third-order valence-corrected chi connectivity index (χ3v) is 13.5. The Hall–Kier alpha value is -5.20. The third kappa shape index (κ3) is 5.75. The predicted octanol–water partition coefficient (Wildman–Crippen LogP) is 10.6. The Balaban J connectivity index is 1.22. The summed E-state index contributed by atoms with van der Waals surface area (Å²) in [4.78, 5) is 4.94. The first-order valence-electron chi connectivity index (χ1n) is 19.0. The van der Waals surface area contributed by atoms with Crippen LogP contribution in [0.4, 0.5) is 4.39 Å². The maximum absolute atomic E-state index is 13.7. The molecule has 0 saturated heterocycles. The van der Waals surface area contributed by atoms with Crippen LogP contribution in [0, 0.1) is 11.7 Å². The maximum Gasteiger partial charge on any atom is 0.227 e. The number of furan rings is 1. The predicted molar refractivity (Wildman–Crippen MR) is 216 cm³/mol. The molecule has 4 aromatic heterocycles. The fourth-order valence-electron chi connectivity index (χ4n) is 9.03. The van der Waals surface area contributed by atoms with Crippen LogP contribution in [-0.2, 0) is 12.8 Å². The molecular formula is C47H46FN3OSi+2. The second-order valence-electron chi connectivity index (χ2n) is 16.5. The molecule has 0 spiro atoms. The Kier molecular flexibility index (Phi) is 8.08. The highest BCUT2D eigenvalue weighted by atomic mass is 28.3. The Bertz CT molecular complexity index is 2580. The summed E-state index contributed by atoms with van der Waals surface area (Å²) >= 11 is 0. The summed E-state index contributed by atoms with van der Waals surface area (Å²) in [6.45, 7) is 16.9. The summed E-state index contributed by atoms with van der Waals surface area (Å²) in [6, 6.07) is 33.3. The van der Waals surface area contributed by atoms with Gasteiger partial charge in [0, 0.05) is 51.2 Å². The zero-order valence-electron chi connectivity index (χ0n) is 31.3. The molecule has 4 nitrogen and oxygen atoms in total. The van der Waals surface area contributed by atoms with Crippen LogP contribution in [0.2, 0.25) is 19.6 Å². The summed E-state index contributed by atoms with van der Waals surface area (Å²) in [5.74, 6) is 0.627. The van der Waals surface area contributed by atoms with Crippen LogP contribution in [0.15, 0.2) is 120 Å². The Labute approximate surface area is 312 Å². The number of aromatic nitrogens is 3. The van der Waals surface area contributed by atoms with Gasteiger partial charge in [-0.2, -0.15) is 9.13 Å². The smallest absolute Gasteiger partial charge is 0.227 e. The van der Waals surface area contributed by atoms with E-state index in [1.807, 2.05) is 6.07 Å². The van der Waals surface area contributed by atoms with E-state index >= 15 is 0 Å². The van der Waals surface area contributed by atoms with Crippen LogP contribution in [0.1, 0.15) is 55.3 Å². The second-order valence-corrected chi connectivity index (χ2v) is 21.6. The number of fused-ring (bicyclic) bond motifs is 13. The highest BCUT2D eigenvalue weighted by Crippen LogP contribution is 2.45. The van der Waals surface area contributed by atoms with Gasteiger partial charge in [0.15, 0.2) is 29.7 Å². The van der Waals surface area contributed by atoms with E-state index in [4.69, 9.17) is 16.0 Å². The molecule has 0 radical (unpaired) electrons. The van der Waals surface area contributed by atoms with Crippen molar-refractivity contribution in [2.24, 2.45) is 5.92 Å². The molecule has 0 saturated carbocycles. The van der Waals surface area contributed by atoms with E-state index in [-0.39, 0.29) is 11.9 Å². The van der Waals surface area contributed by atoms with E-state index in [1.165, 1.54) is 40.1 Å². The SMILES string of the molecule is C=C1CC2C(CCc3ccc4c(oc5nc(-c6ccc(F)cc6)ccc54)c3-c3cccc[n+]31)c1ccccc1-c1cc(CC(C)C)c([Si](C)(C)C)c[n+]12. The average Bonchev–Trinajstić information content (AvgIpc) is 3.51. The molecule has 2 atom stereocenters. The highest BCUT2D eigenvalue weighted by Gasteiger charge is 2.44. The van der Waals surface area contributed by atoms with E-state index in [9.17, 15) is 4.39 Å². The fourth-order valence-corrected chi connectivity index (χ4v) is 10.7. The molecular weight excluding hydrogens is 670 g/mol. The van der Waals surface area contributed by atoms with E-state index in [2.05, 4.69) is 122 Å². The number of rotatable bonds is 4. The molecule has 6 heteroatoms. The second kappa shape index (κ2) is 12.7. The number of hydrogen-bond acceptors (Lipinski definition) is 2. The first-order valence-corrected chi connectivity index (χ1v) is 22.5. The van der Waals surface area contributed by atoms with Gasteiger partial charge in [0.25, 0.3) is 0 Å². The average molecular weight is 716 g/mol. The zero-order valence-corrected chi connectivity index (χ0v) is 32.3. The summed E-state index contributed by atoms with van der Waals surface area (Å²) < 4.78 is 25.4. The molecule has 2 unspecified atom stereocenters. The van der Waals surface area contributed by atoms with E-state index < -0.39 is 8.07 Å². The van der Waals surface area contributed by atoms with E-state index in [1.54, 1.807) is 17.3 Å². The minimum absolute atomic E-state index is 0.224. The van der Waals surface area contributed by atoms with Gasteiger partial charge in [-0.15, -0.1) is 0 Å². The number of benzene rings is 3. The number of nitrogens with zero attached hydrogens (tertiary/aromatic N) is 3. The van der Waals surface area contributed by atoms with Crippen molar-refractivity contribution in [3.8, 4) is 33.8 Å². The largest absolute Gasteiger partial charge is 0.437 e. The van der Waals surface area contributed by atoms with Gasteiger partial charge in [-0.05, 0) is 97.0 Å². The van der Waals surface area contributed by atoms with Crippen molar-refractivity contribution in [2.75, 3.05) is 0 Å². The minimum atomic E-state index is -1.66. The van der Waals surface area contributed by atoms with Crippen molar-refractivity contribution in [3.05, 3.63) is 139 Å². The standard InChI is InChI=1S/C47H46FN3OSi/c1-29(2)25-33-27-43-36-12-8-7-11-35(36)37-20-16-32-17-21-38-39-22-23-40(31-14-18-34(48)19-15-31)49-47(39)52-46(38)45(32)41-13-9-10-24-50(41)30(3)26-42(37)51(43)28-44(33)53(4,5)6/h7-15,17-19,21-24,27-29,37,42H,3,16,20,25-26H2,1-2,4-6H3/q+2. The van der Waals surface area contributed by atoms with Crippen molar-refractivity contribution < 1.29 is 17.9 Å². The summed E-state index contributed by atoms with van der Waals surface area (Å²) in [5.41, 5.74) is 13.2. The van der Waals surface area contributed by atoms with Gasteiger partial charge in [-0.1, -0.05) is 63.8 Å². The van der Waals surface area contributed by atoms with Crippen LogP contribution < -0.4 is 14.3 Å². The Morgan fingerprint density at radius 2 is 1.68 bits per heavy atom. The molecule has 0 bridgehead atoms. The molecule has 6 heterocycles.